The molecule has 2 N–H and O–H groups in total. The SMILES string of the molecule is Cc1ccc(C(F)(F)F)cc1NC(=O)[C@@H]1CCCCN1. The molecule has 0 spiro atoms. The van der Waals surface area contributed by atoms with Crippen molar-refractivity contribution in [3.8, 4) is 0 Å². The van der Waals surface area contributed by atoms with Gasteiger partial charge in [-0.2, -0.15) is 13.2 Å². The van der Waals surface area contributed by atoms with Gasteiger partial charge in [0.1, 0.15) is 0 Å². The number of carbonyl (C=O) groups excluding carboxylic acids is 1. The Hall–Kier alpha value is -1.56. The van der Waals surface area contributed by atoms with Crippen LogP contribution in [0.3, 0.4) is 0 Å². The molecular formula is C14H17F3N2O. The van der Waals surface area contributed by atoms with E-state index >= 15 is 0 Å². The van der Waals surface area contributed by atoms with Gasteiger partial charge in [-0.05, 0) is 44.0 Å². The molecule has 1 amide bonds. The summed E-state index contributed by atoms with van der Waals surface area (Å²) < 4.78 is 38.0. The molecule has 110 valence electrons. The van der Waals surface area contributed by atoms with Gasteiger partial charge in [-0.3, -0.25) is 4.79 Å². The van der Waals surface area contributed by atoms with Gasteiger partial charge in [-0.15, -0.1) is 0 Å². The Morgan fingerprint density at radius 3 is 2.70 bits per heavy atom. The first-order valence-corrected chi connectivity index (χ1v) is 6.60. The maximum absolute atomic E-state index is 12.7. The number of hydrogen-bond acceptors (Lipinski definition) is 2. The molecule has 6 heteroatoms. The Labute approximate surface area is 115 Å². The number of nitrogens with one attached hydrogen (secondary N) is 2. The summed E-state index contributed by atoms with van der Waals surface area (Å²) in [5.41, 5.74) is 0.0781. The van der Waals surface area contributed by atoms with Crippen LogP contribution in [0.15, 0.2) is 18.2 Å². The van der Waals surface area contributed by atoms with E-state index in [-0.39, 0.29) is 17.6 Å². The van der Waals surface area contributed by atoms with Crippen LogP contribution >= 0.6 is 0 Å². The highest BCUT2D eigenvalue weighted by Gasteiger charge is 2.31. The predicted molar refractivity (Wildman–Crippen MR) is 70.5 cm³/mol. The van der Waals surface area contributed by atoms with Crippen molar-refractivity contribution in [2.45, 2.75) is 38.4 Å². The molecule has 1 aliphatic rings. The number of anilines is 1. The van der Waals surface area contributed by atoms with E-state index in [1.807, 2.05) is 0 Å². The topological polar surface area (TPSA) is 41.1 Å². The van der Waals surface area contributed by atoms with Crippen LogP contribution in [0.5, 0.6) is 0 Å². The first kappa shape index (κ1) is 14.8. The van der Waals surface area contributed by atoms with E-state index in [0.717, 1.165) is 31.5 Å². The summed E-state index contributed by atoms with van der Waals surface area (Å²) in [5, 5.41) is 5.66. The molecule has 0 saturated carbocycles. The van der Waals surface area contributed by atoms with Gasteiger partial charge >= 0.3 is 6.18 Å². The fraction of sp³-hybridized carbons (Fsp3) is 0.500. The second kappa shape index (κ2) is 5.83. The van der Waals surface area contributed by atoms with Gasteiger partial charge < -0.3 is 10.6 Å². The largest absolute Gasteiger partial charge is 0.416 e. The highest BCUT2D eigenvalue weighted by Crippen LogP contribution is 2.32. The maximum Gasteiger partial charge on any atom is 0.416 e. The lowest BCUT2D eigenvalue weighted by Crippen LogP contribution is -2.43. The number of benzene rings is 1. The molecule has 2 rings (SSSR count). The Morgan fingerprint density at radius 1 is 1.35 bits per heavy atom. The van der Waals surface area contributed by atoms with Gasteiger partial charge in [0.15, 0.2) is 0 Å². The molecule has 20 heavy (non-hydrogen) atoms. The van der Waals surface area contributed by atoms with Crippen molar-refractivity contribution in [1.29, 1.82) is 0 Å². The molecule has 3 nitrogen and oxygen atoms in total. The van der Waals surface area contributed by atoms with Crippen molar-refractivity contribution in [1.82, 2.24) is 5.32 Å². The lowest BCUT2D eigenvalue weighted by Gasteiger charge is -2.23. The Balaban J connectivity index is 2.13. The van der Waals surface area contributed by atoms with Crippen LogP contribution in [0.4, 0.5) is 18.9 Å². The predicted octanol–water partition coefficient (Wildman–Crippen LogP) is 3.09. The molecular weight excluding hydrogens is 269 g/mol. The van der Waals surface area contributed by atoms with E-state index in [0.29, 0.717) is 12.0 Å². The van der Waals surface area contributed by atoms with Crippen molar-refractivity contribution in [3.05, 3.63) is 29.3 Å². The van der Waals surface area contributed by atoms with E-state index < -0.39 is 11.7 Å². The molecule has 0 bridgehead atoms. The van der Waals surface area contributed by atoms with Gasteiger partial charge in [0.25, 0.3) is 0 Å². The summed E-state index contributed by atoms with van der Waals surface area (Å²) >= 11 is 0. The smallest absolute Gasteiger partial charge is 0.324 e. The zero-order valence-corrected chi connectivity index (χ0v) is 11.2. The van der Waals surface area contributed by atoms with Crippen LogP contribution in [0.2, 0.25) is 0 Å². The zero-order valence-electron chi connectivity index (χ0n) is 11.2. The van der Waals surface area contributed by atoms with E-state index in [1.54, 1.807) is 6.92 Å². The normalized spacial score (nSPS) is 19.7. The van der Waals surface area contributed by atoms with E-state index in [4.69, 9.17) is 0 Å². The Morgan fingerprint density at radius 2 is 2.10 bits per heavy atom. The minimum absolute atomic E-state index is 0.220. The summed E-state index contributed by atoms with van der Waals surface area (Å²) in [6.07, 6.45) is -1.72. The third-order valence-corrected chi connectivity index (χ3v) is 3.45. The van der Waals surface area contributed by atoms with Crippen LogP contribution in [0.1, 0.15) is 30.4 Å². The molecule has 1 aliphatic heterocycles. The Bertz CT molecular complexity index is 494. The zero-order chi connectivity index (χ0) is 14.8. The van der Waals surface area contributed by atoms with E-state index in [9.17, 15) is 18.0 Å². The summed E-state index contributed by atoms with van der Waals surface area (Å²) in [6.45, 7) is 2.43. The van der Waals surface area contributed by atoms with Gasteiger partial charge in [-0.25, -0.2) is 0 Å². The first-order chi connectivity index (χ1) is 9.38. The summed E-state index contributed by atoms with van der Waals surface area (Å²) in [4.78, 5) is 12.0. The van der Waals surface area contributed by atoms with Crippen LogP contribution in [-0.2, 0) is 11.0 Å². The van der Waals surface area contributed by atoms with Gasteiger partial charge in [0, 0.05) is 5.69 Å². The number of amides is 1. The van der Waals surface area contributed by atoms with Crippen LogP contribution < -0.4 is 10.6 Å². The van der Waals surface area contributed by atoms with Crippen LogP contribution in [0, 0.1) is 6.92 Å². The minimum Gasteiger partial charge on any atom is -0.324 e. The standard InChI is InChI=1S/C14H17F3N2O/c1-9-5-6-10(14(15,16)17)8-12(9)19-13(20)11-4-2-3-7-18-11/h5-6,8,11,18H,2-4,7H2,1H3,(H,19,20)/t11-/m0/s1. The van der Waals surface area contributed by atoms with Crippen molar-refractivity contribution in [2.24, 2.45) is 0 Å². The Kier molecular flexibility index (Phi) is 4.32. The summed E-state index contributed by atoms with van der Waals surface area (Å²) in [5.74, 6) is -0.271. The summed E-state index contributed by atoms with van der Waals surface area (Å²) in [6, 6.07) is 3.05. The number of carbonyl (C=O) groups is 1. The summed E-state index contributed by atoms with van der Waals surface area (Å²) in [7, 11) is 0. The number of hydrogen-bond donors (Lipinski definition) is 2. The van der Waals surface area contributed by atoms with E-state index in [1.165, 1.54) is 6.07 Å². The average Bonchev–Trinajstić information content (AvgIpc) is 2.41. The van der Waals surface area contributed by atoms with Gasteiger partial charge in [0.05, 0.1) is 11.6 Å². The molecule has 0 radical (unpaired) electrons. The molecule has 1 fully saturated rings. The number of rotatable bonds is 2. The quantitative estimate of drug-likeness (QED) is 0.877. The minimum atomic E-state index is -4.41. The van der Waals surface area contributed by atoms with Crippen LogP contribution in [-0.4, -0.2) is 18.5 Å². The molecule has 1 atom stereocenters. The second-order valence-electron chi connectivity index (χ2n) is 5.02. The average molecular weight is 286 g/mol. The van der Waals surface area contributed by atoms with E-state index in [2.05, 4.69) is 10.6 Å². The van der Waals surface area contributed by atoms with Gasteiger partial charge in [0.2, 0.25) is 5.91 Å². The first-order valence-electron chi connectivity index (χ1n) is 6.60. The van der Waals surface area contributed by atoms with Crippen molar-refractivity contribution in [2.75, 3.05) is 11.9 Å². The van der Waals surface area contributed by atoms with Crippen molar-refractivity contribution < 1.29 is 18.0 Å². The maximum atomic E-state index is 12.7. The van der Waals surface area contributed by atoms with Crippen molar-refractivity contribution >= 4 is 11.6 Å². The second-order valence-corrected chi connectivity index (χ2v) is 5.02. The molecule has 1 saturated heterocycles. The number of halogens is 3. The highest BCUT2D eigenvalue weighted by atomic mass is 19.4. The fourth-order valence-electron chi connectivity index (χ4n) is 2.23. The third-order valence-electron chi connectivity index (χ3n) is 3.45. The van der Waals surface area contributed by atoms with Crippen molar-refractivity contribution in [3.63, 3.8) is 0 Å². The lowest BCUT2D eigenvalue weighted by molar-refractivity contribution is -0.137. The number of aryl methyl sites for hydroxylation is 1. The number of piperidine rings is 1. The van der Waals surface area contributed by atoms with Crippen LogP contribution in [0.25, 0.3) is 0 Å². The molecule has 0 aliphatic carbocycles. The highest BCUT2D eigenvalue weighted by molar-refractivity contribution is 5.95. The fourth-order valence-corrected chi connectivity index (χ4v) is 2.23. The molecule has 1 aromatic carbocycles. The molecule has 0 unspecified atom stereocenters. The molecule has 1 aromatic rings. The monoisotopic (exact) mass is 286 g/mol. The third kappa shape index (κ3) is 3.50. The molecule has 1 heterocycles. The van der Waals surface area contributed by atoms with Gasteiger partial charge in [-0.1, -0.05) is 12.5 Å². The lowest BCUT2D eigenvalue weighted by atomic mass is 10.0. The molecule has 0 aromatic heterocycles. The number of alkyl halides is 3.